The van der Waals surface area contributed by atoms with Gasteiger partial charge < -0.3 is 5.11 Å². The summed E-state index contributed by atoms with van der Waals surface area (Å²) in [7, 11) is 0. The molecule has 1 aromatic carbocycles. The van der Waals surface area contributed by atoms with Crippen LogP contribution in [0.15, 0.2) is 36.4 Å². The molecule has 104 valence electrons. The number of nitro groups is 1. The van der Waals surface area contributed by atoms with Crippen LogP contribution in [-0.2, 0) is 6.18 Å². The molecule has 1 aromatic heterocycles. The number of phenolic OH excluding ortho intramolecular Hbond substituents is 1. The van der Waals surface area contributed by atoms with E-state index in [1.165, 1.54) is 24.3 Å². The van der Waals surface area contributed by atoms with E-state index in [0.29, 0.717) is 0 Å². The summed E-state index contributed by atoms with van der Waals surface area (Å²) in [6, 6.07) is 7.43. The molecule has 0 aliphatic carbocycles. The number of para-hydroxylation sites is 1. The lowest BCUT2D eigenvalue weighted by Crippen LogP contribution is -2.12. The quantitative estimate of drug-likeness (QED) is 0.677. The van der Waals surface area contributed by atoms with Crippen LogP contribution in [0.3, 0.4) is 0 Å². The molecule has 0 aliphatic heterocycles. The second-order valence-corrected chi connectivity index (χ2v) is 3.84. The molecule has 0 aliphatic rings. The lowest BCUT2D eigenvalue weighted by molar-refractivity contribution is -0.388. The second-order valence-electron chi connectivity index (χ2n) is 3.84. The molecule has 0 saturated carbocycles. The third-order valence-electron chi connectivity index (χ3n) is 2.52. The molecule has 1 N–H and O–H groups in total. The maximum Gasteiger partial charge on any atom is 0.440 e. The summed E-state index contributed by atoms with van der Waals surface area (Å²) in [4.78, 5) is 12.7. The van der Waals surface area contributed by atoms with E-state index in [1.54, 1.807) is 0 Å². The Morgan fingerprint density at radius 2 is 1.80 bits per heavy atom. The molecule has 0 spiro atoms. The minimum absolute atomic E-state index is 0.0629. The average Bonchev–Trinajstić information content (AvgIpc) is 2.37. The standard InChI is InChI=1S/C12H7F3N2O3/c13-12(14,15)11-9(17(19)20)6-5-8(16-11)7-3-1-2-4-10(7)18/h1-6,18H. The number of alkyl halides is 3. The van der Waals surface area contributed by atoms with Gasteiger partial charge in [0, 0.05) is 11.6 Å². The Balaban J connectivity index is 2.65. The highest BCUT2D eigenvalue weighted by atomic mass is 19.4. The van der Waals surface area contributed by atoms with E-state index in [2.05, 4.69) is 4.98 Å². The molecule has 8 heteroatoms. The van der Waals surface area contributed by atoms with Gasteiger partial charge in [-0.2, -0.15) is 13.2 Å². The second kappa shape index (κ2) is 4.80. The van der Waals surface area contributed by atoms with Crippen molar-refractivity contribution in [3.63, 3.8) is 0 Å². The van der Waals surface area contributed by atoms with Gasteiger partial charge in [-0.05, 0) is 18.2 Å². The number of halogens is 3. The van der Waals surface area contributed by atoms with E-state index in [-0.39, 0.29) is 17.0 Å². The van der Waals surface area contributed by atoms with E-state index in [9.17, 15) is 28.4 Å². The molecule has 2 aromatic rings. The number of aromatic hydroxyl groups is 1. The van der Waals surface area contributed by atoms with Crippen molar-refractivity contribution in [2.45, 2.75) is 6.18 Å². The first kappa shape index (κ1) is 13.8. The van der Waals surface area contributed by atoms with Gasteiger partial charge in [0.05, 0.1) is 10.6 Å². The van der Waals surface area contributed by atoms with Crippen LogP contribution in [0.4, 0.5) is 18.9 Å². The third-order valence-corrected chi connectivity index (χ3v) is 2.52. The Bertz CT molecular complexity index is 671. The smallest absolute Gasteiger partial charge is 0.440 e. The molecule has 20 heavy (non-hydrogen) atoms. The number of nitrogens with zero attached hydrogens (tertiary/aromatic N) is 2. The van der Waals surface area contributed by atoms with Crippen molar-refractivity contribution < 1.29 is 23.2 Å². The molecule has 0 atom stereocenters. The number of hydrogen-bond acceptors (Lipinski definition) is 4. The van der Waals surface area contributed by atoms with Gasteiger partial charge in [0.25, 0.3) is 5.69 Å². The maximum atomic E-state index is 12.8. The van der Waals surface area contributed by atoms with Crippen molar-refractivity contribution in [1.29, 1.82) is 0 Å². The zero-order valence-electron chi connectivity index (χ0n) is 9.76. The fourth-order valence-electron chi connectivity index (χ4n) is 1.65. The zero-order chi connectivity index (χ0) is 14.9. The molecular weight excluding hydrogens is 277 g/mol. The van der Waals surface area contributed by atoms with Crippen LogP contribution in [0.25, 0.3) is 11.3 Å². The average molecular weight is 284 g/mol. The largest absolute Gasteiger partial charge is 0.507 e. The van der Waals surface area contributed by atoms with Gasteiger partial charge in [-0.1, -0.05) is 12.1 Å². The van der Waals surface area contributed by atoms with Gasteiger partial charge in [0.15, 0.2) is 0 Å². The number of rotatable bonds is 2. The van der Waals surface area contributed by atoms with Crippen LogP contribution in [0, 0.1) is 10.1 Å². The van der Waals surface area contributed by atoms with Crippen LogP contribution in [0.1, 0.15) is 5.69 Å². The molecule has 0 fully saturated rings. The molecule has 5 nitrogen and oxygen atoms in total. The van der Waals surface area contributed by atoms with Crippen LogP contribution in [-0.4, -0.2) is 15.0 Å². The fraction of sp³-hybridized carbons (Fsp3) is 0.0833. The van der Waals surface area contributed by atoms with Crippen molar-refractivity contribution in [1.82, 2.24) is 4.98 Å². The van der Waals surface area contributed by atoms with Gasteiger partial charge in [0.2, 0.25) is 5.69 Å². The molecule has 0 saturated heterocycles. The number of phenols is 1. The van der Waals surface area contributed by atoms with Crippen molar-refractivity contribution in [2.24, 2.45) is 0 Å². The van der Waals surface area contributed by atoms with Crippen LogP contribution < -0.4 is 0 Å². The van der Waals surface area contributed by atoms with Crippen molar-refractivity contribution in [3.8, 4) is 17.0 Å². The van der Waals surface area contributed by atoms with Gasteiger partial charge in [0.1, 0.15) is 5.75 Å². The first-order chi connectivity index (χ1) is 9.30. The monoisotopic (exact) mass is 284 g/mol. The lowest BCUT2D eigenvalue weighted by atomic mass is 10.1. The highest BCUT2D eigenvalue weighted by Crippen LogP contribution is 2.37. The fourth-order valence-corrected chi connectivity index (χ4v) is 1.65. The number of aromatic nitrogens is 1. The highest BCUT2D eigenvalue weighted by molar-refractivity contribution is 5.67. The Morgan fingerprint density at radius 1 is 1.15 bits per heavy atom. The summed E-state index contributed by atoms with van der Waals surface area (Å²) >= 11 is 0. The Kier molecular flexibility index (Phi) is 3.31. The molecule has 2 rings (SSSR count). The summed E-state index contributed by atoms with van der Waals surface area (Å²) in [6.45, 7) is 0. The molecular formula is C12H7F3N2O3. The predicted molar refractivity (Wildman–Crippen MR) is 63.0 cm³/mol. The first-order valence-corrected chi connectivity index (χ1v) is 5.31. The highest BCUT2D eigenvalue weighted by Gasteiger charge is 2.40. The van der Waals surface area contributed by atoms with E-state index in [0.717, 1.165) is 12.1 Å². The Labute approximate surface area is 110 Å². The topological polar surface area (TPSA) is 76.3 Å². The van der Waals surface area contributed by atoms with Gasteiger partial charge in [-0.15, -0.1) is 0 Å². The van der Waals surface area contributed by atoms with Crippen molar-refractivity contribution in [3.05, 3.63) is 52.2 Å². The normalized spacial score (nSPS) is 11.3. The van der Waals surface area contributed by atoms with E-state index in [4.69, 9.17) is 0 Å². The Morgan fingerprint density at radius 3 is 2.35 bits per heavy atom. The number of pyridine rings is 1. The van der Waals surface area contributed by atoms with Crippen molar-refractivity contribution >= 4 is 5.69 Å². The zero-order valence-corrected chi connectivity index (χ0v) is 9.76. The minimum atomic E-state index is -4.96. The van der Waals surface area contributed by atoms with Crippen LogP contribution in [0.2, 0.25) is 0 Å². The first-order valence-electron chi connectivity index (χ1n) is 5.31. The Hall–Kier alpha value is -2.64. The minimum Gasteiger partial charge on any atom is -0.507 e. The molecule has 0 bridgehead atoms. The summed E-state index contributed by atoms with van der Waals surface area (Å²) in [5, 5.41) is 20.2. The van der Waals surface area contributed by atoms with Gasteiger partial charge in [-0.3, -0.25) is 10.1 Å². The summed E-state index contributed by atoms with van der Waals surface area (Å²) < 4.78 is 38.3. The van der Waals surface area contributed by atoms with E-state index < -0.39 is 22.5 Å². The lowest BCUT2D eigenvalue weighted by Gasteiger charge is -2.09. The van der Waals surface area contributed by atoms with Gasteiger partial charge in [-0.25, -0.2) is 4.98 Å². The summed E-state index contributed by atoms with van der Waals surface area (Å²) in [5.41, 5.74) is -2.85. The SMILES string of the molecule is O=[N+]([O-])c1ccc(-c2ccccc2O)nc1C(F)(F)F. The predicted octanol–water partition coefficient (Wildman–Crippen LogP) is 3.38. The summed E-state index contributed by atoms with van der Waals surface area (Å²) in [5.74, 6) is -0.262. The third kappa shape index (κ3) is 2.53. The van der Waals surface area contributed by atoms with Crippen LogP contribution >= 0.6 is 0 Å². The molecule has 0 amide bonds. The van der Waals surface area contributed by atoms with E-state index >= 15 is 0 Å². The molecule has 0 radical (unpaired) electrons. The van der Waals surface area contributed by atoms with Crippen LogP contribution in [0.5, 0.6) is 5.75 Å². The number of benzene rings is 1. The van der Waals surface area contributed by atoms with E-state index in [1.807, 2.05) is 0 Å². The molecule has 1 heterocycles. The molecule has 0 unspecified atom stereocenters. The number of hydrogen-bond donors (Lipinski definition) is 1. The summed E-state index contributed by atoms with van der Waals surface area (Å²) in [6.07, 6.45) is -4.96. The maximum absolute atomic E-state index is 12.8. The van der Waals surface area contributed by atoms with Gasteiger partial charge >= 0.3 is 6.18 Å². The van der Waals surface area contributed by atoms with Crippen molar-refractivity contribution in [2.75, 3.05) is 0 Å².